The third-order valence-electron chi connectivity index (χ3n) is 7.51. The van der Waals surface area contributed by atoms with Gasteiger partial charge in [-0.2, -0.15) is 0 Å². The van der Waals surface area contributed by atoms with Crippen molar-refractivity contribution in [2.45, 2.75) is 22.7 Å². The van der Waals surface area contributed by atoms with Gasteiger partial charge < -0.3 is 15.0 Å². The molecule has 0 saturated carbocycles. The molecule has 1 saturated heterocycles. The number of rotatable bonds is 7. The fraction of sp³-hybridized carbons (Fsp3) is 0.226. The van der Waals surface area contributed by atoms with Crippen LogP contribution in [0.3, 0.4) is 0 Å². The molecule has 1 fully saturated rings. The molecule has 0 spiro atoms. The summed E-state index contributed by atoms with van der Waals surface area (Å²) >= 11 is 2.23. The highest BCUT2D eigenvalue weighted by atomic mass is 32.2. The van der Waals surface area contributed by atoms with E-state index in [1.807, 2.05) is 49.3 Å². The summed E-state index contributed by atoms with van der Waals surface area (Å²) in [4.78, 5) is 57.8. The molecule has 1 aromatic heterocycles. The number of nitrogens with one attached hydrogen (secondary N) is 1. The van der Waals surface area contributed by atoms with Crippen molar-refractivity contribution in [3.8, 4) is 5.75 Å². The van der Waals surface area contributed by atoms with E-state index in [1.165, 1.54) is 21.2 Å². The first-order valence-electron chi connectivity index (χ1n) is 13.3. The largest absolute Gasteiger partial charge is 0.497 e. The average molecular weight is 601 g/mol. The van der Waals surface area contributed by atoms with Gasteiger partial charge in [0.05, 0.1) is 23.7 Å². The Labute approximate surface area is 250 Å². The molecule has 9 nitrogen and oxygen atoms in total. The number of hydrogen-bond donors (Lipinski definition) is 1. The minimum absolute atomic E-state index is 0.224. The molecule has 11 heteroatoms. The zero-order valence-corrected chi connectivity index (χ0v) is 24.8. The van der Waals surface area contributed by atoms with Crippen LogP contribution >= 0.6 is 23.1 Å². The third-order valence-corrected chi connectivity index (χ3v) is 10.1. The van der Waals surface area contributed by atoms with Crippen LogP contribution in [0.4, 0.5) is 17.1 Å². The zero-order valence-electron chi connectivity index (χ0n) is 23.1. The van der Waals surface area contributed by atoms with E-state index in [1.54, 1.807) is 55.6 Å². The summed E-state index contributed by atoms with van der Waals surface area (Å²) < 4.78 is 6.59. The number of carbonyl (C=O) groups excluding carboxylic acids is 3. The lowest BCUT2D eigenvalue weighted by molar-refractivity contribution is -0.122. The minimum Gasteiger partial charge on any atom is -0.497 e. The fourth-order valence-electron chi connectivity index (χ4n) is 5.44. The number of anilines is 3. The van der Waals surface area contributed by atoms with Crippen molar-refractivity contribution < 1.29 is 19.1 Å². The van der Waals surface area contributed by atoms with Crippen LogP contribution in [-0.2, 0) is 20.9 Å². The van der Waals surface area contributed by atoms with Crippen molar-refractivity contribution in [2.75, 3.05) is 36.3 Å². The summed E-state index contributed by atoms with van der Waals surface area (Å²) in [5.74, 6) is -1.55. The van der Waals surface area contributed by atoms with Crippen molar-refractivity contribution in [1.82, 2.24) is 4.57 Å². The number of thioether (sulfide) groups is 1. The van der Waals surface area contributed by atoms with E-state index in [-0.39, 0.29) is 29.1 Å². The van der Waals surface area contributed by atoms with Crippen molar-refractivity contribution in [3.05, 3.63) is 99.0 Å². The minimum atomic E-state index is -0.742. The van der Waals surface area contributed by atoms with Crippen LogP contribution in [-0.4, -0.2) is 48.7 Å². The standard InChI is InChI=1S/C31H28N4O5S2/c1-33(2)20-13-9-18(10-14-20)24-25-26(29(38)35(28(25)37)21-7-5-4-6-8-21)41-30-27(24)42-31(39)34(30)17-23(36)32-19-11-15-22(40-3)16-12-19/h4-16,24-26H,17H2,1-3H3,(H,32,36). The van der Waals surface area contributed by atoms with Gasteiger partial charge in [-0.1, -0.05) is 53.4 Å². The van der Waals surface area contributed by atoms with Gasteiger partial charge in [0.1, 0.15) is 17.5 Å². The number of thiazole rings is 1. The lowest BCUT2D eigenvalue weighted by Crippen LogP contribution is -2.33. The summed E-state index contributed by atoms with van der Waals surface area (Å²) in [6.07, 6.45) is 0. The number of ether oxygens (including phenoxy) is 1. The average Bonchev–Trinajstić information content (AvgIpc) is 3.44. The lowest BCUT2D eigenvalue weighted by Gasteiger charge is -2.31. The molecule has 2 aliphatic heterocycles. The number of hydrogen-bond acceptors (Lipinski definition) is 8. The summed E-state index contributed by atoms with van der Waals surface area (Å²) in [5, 5.41) is 2.63. The molecule has 214 valence electrons. The smallest absolute Gasteiger partial charge is 0.308 e. The Morgan fingerprint density at radius 1 is 0.929 bits per heavy atom. The maximum atomic E-state index is 14.0. The van der Waals surface area contributed by atoms with E-state index < -0.39 is 17.1 Å². The molecule has 1 N–H and O–H groups in total. The molecule has 3 unspecified atom stereocenters. The second-order valence-electron chi connectivity index (χ2n) is 10.3. The normalized spacial score (nSPS) is 19.3. The number of carbonyl (C=O) groups is 3. The predicted molar refractivity (Wildman–Crippen MR) is 165 cm³/mol. The Balaban J connectivity index is 1.39. The van der Waals surface area contributed by atoms with Crippen molar-refractivity contribution in [3.63, 3.8) is 0 Å². The topological polar surface area (TPSA) is 101 Å². The van der Waals surface area contributed by atoms with Gasteiger partial charge in [0.15, 0.2) is 0 Å². The van der Waals surface area contributed by atoms with Gasteiger partial charge in [0.25, 0.3) is 0 Å². The summed E-state index contributed by atoms with van der Waals surface area (Å²) in [5.41, 5.74) is 2.91. The number of methoxy groups -OCH3 is 1. The molecule has 0 bridgehead atoms. The maximum absolute atomic E-state index is 14.0. The fourth-order valence-corrected chi connectivity index (χ4v) is 8.22. The Kier molecular flexibility index (Phi) is 7.38. The van der Waals surface area contributed by atoms with E-state index in [0.717, 1.165) is 22.6 Å². The third kappa shape index (κ3) is 4.88. The molecule has 2 aliphatic rings. The molecule has 42 heavy (non-hydrogen) atoms. The molecule has 0 radical (unpaired) electrons. The van der Waals surface area contributed by atoms with Crippen molar-refractivity contribution in [1.29, 1.82) is 0 Å². The zero-order chi connectivity index (χ0) is 29.5. The number of para-hydroxylation sites is 1. The highest BCUT2D eigenvalue weighted by Crippen LogP contribution is 2.54. The number of amides is 3. The van der Waals surface area contributed by atoms with Crippen molar-refractivity contribution >= 4 is 57.9 Å². The number of benzene rings is 3. The van der Waals surface area contributed by atoms with Crippen LogP contribution in [0.1, 0.15) is 16.4 Å². The van der Waals surface area contributed by atoms with Gasteiger partial charge in [0.2, 0.25) is 17.7 Å². The SMILES string of the molecule is COc1ccc(NC(=O)Cn2c3c(sc2=O)C(c2ccc(N(C)C)cc2)C2C(=O)N(c4ccccc4)C(=O)C2S3)cc1. The number of fused-ring (bicyclic) bond motifs is 2. The first-order valence-corrected chi connectivity index (χ1v) is 15.0. The highest BCUT2D eigenvalue weighted by molar-refractivity contribution is 8.00. The van der Waals surface area contributed by atoms with Crippen LogP contribution < -0.4 is 24.7 Å². The van der Waals surface area contributed by atoms with E-state index in [0.29, 0.717) is 27.0 Å². The monoisotopic (exact) mass is 600 g/mol. The van der Waals surface area contributed by atoms with Gasteiger partial charge in [-0.3, -0.25) is 23.7 Å². The van der Waals surface area contributed by atoms with E-state index >= 15 is 0 Å². The Bertz CT molecular complexity index is 1710. The number of imide groups is 1. The first-order chi connectivity index (χ1) is 20.3. The quantitative estimate of drug-likeness (QED) is 0.314. The van der Waals surface area contributed by atoms with Crippen LogP contribution in [0.5, 0.6) is 5.75 Å². The maximum Gasteiger partial charge on any atom is 0.308 e. The van der Waals surface area contributed by atoms with E-state index in [9.17, 15) is 19.2 Å². The second kappa shape index (κ2) is 11.1. The highest BCUT2D eigenvalue weighted by Gasteiger charge is 2.56. The second-order valence-corrected chi connectivity index (χ2v) is 12.4. The summed E-state index contributed by atoms with van der Waals surface area (Å²) in [6.45, 7) is -0.224. The molecular formula is C31H28N4O5S2. The molecular weight excluding hydrogens is 572 g/mol. The van der Waals surface area contributed by atoms with Gasteiger partial charge in [-0.05, 0) is 54.1 Å². The van der Waals surface area contributed by atoms with Crippen LogP contribution in [0.25, 0.3) is 0 Å². The number of aromatic nitrogens is 1. The van der Waals surface area contributed by atoms with Crippen molar-refractivity contribution in [2.24, 2.45) is 5.92 Å². The van der Waals surface area contributed by atoms with Gasteiger partial charge in [0, 0.05) is 36.3 Å². The molecule has 4 aromatic rings. The Morgan fingerprint density at radius 2 is 1.62 bits per heavy atom. The van der Waals surface area contributed by atoms with Crippen LogP contribution in [0.15, 0.2) is 88.7 Å². The van der Waals surface area contributed by atoms with Crippen LogP contribution in [0.2, 0.25) is 0 Å². The van der Waals surface area contributed by atoms with E-state index in [4.69, 9.17) is 4.74 Å². The van der Waals surface area contributed by atoms with Crippen LogP contribution in [0, 0.1) is 5.92 Å². The Morgan fingerprint density at radius 3 is 2.26 bits per heavy atom. The Hall–Kier alpha value is -4.35. The predicted octanol–water partition coefficient (Wildman–Crippen LogP) is 4.42. The molecule has 0 aliphatic carbocycles. The molecule has 3 atom stereocenters. The van der Waals surface area contributed by atoms with Gasteiger partial charge >= 0.3 is 4.87 Å². The summed E-state index contributed by atoms with van der Waals surface area (Å²) in [7, 11) is 5.45. The van der Waals surface area contributed by atoms with Gasteiger partial charge in [-0.15, -0.1) is 0 Å². The van der Waals surface area contributed by atoms with E-state index in [2.05, 4.69) is 5.32 Å². The number of nitrogens with zero attached hydrogens (tertiary/aromatic N) is 3. The molecule has 3 heterocycles. The first kappa shape index (κ1) is 27.8. The molecule has 3 aromatic carbocycles. The lowest BCUT2D eigenvalue weighted by atomic mass is 9.83. The molecule has 3 amide bonds. The molecule has 6 rings (SSSR count). The van der Waals surface area contributed by atoms with Gasteiger partial charge in [-0.25, -0.2) is 4.90 Å². The summed E-state index contributed by atoms with van der Waals surface area (Å²) in [6, 6.07) is 23.6.